The van der Waals surface area contributed by atoms with Crippen LogP contribution in [0.3, 0.4) is 0 Å². The van der Waals surface area contributed by atoms with E-state index in [-0.39, 0.29) is 11.3 Å². The van der Waals surface area contributed by atoms with E-state index >= 15 is 0 Å². The Bertz CT molecular complexity index is 501. The van der Waals surface area contributed by atoms with Crippen LogP contribution >= 0.6 is 11.8 Å². The van der Waals surface area contributed by atoms with Crippen molar-refractivity contribution in [3.8, 4) is 0 Å². The maximum Gasteiger partial charge on any atom is 0.119 e. The van der Waals surface area contributed by atoms with Gasteiger partial charge in [-0.25, -0.2) is 0 Å². The molecule has 96 valence electrons. The molecule has 2 nitrogen and oxygen atoms in total. The normalized spacial score (nSPS) is 14.4. The fraction of sp³-hybridized carbons (Fsp3) is 0.333. The Morgan fingerprint density at radius 1 is 1.06 bits per heavy atom. The summed E-state index contributed by atoms with van der Waals surface area (Å²) >= 11 is 1.75. The fourth-order valence-corrected chi connectivity index (χ4v) is 2.84. The molecular formula is C15H19NOS. The van der Waals surface area contributed by atoms with E-state index in [4.69, 9.17) is 10.2 Å². The maximum absolute atomic E-state index is 6.07. The van der Waals surface area contributed by atoms with Crippen molar-refractivity contribution in [2.75, 3.05) is 0 Å². The minimum Gasteiger partial charge on any atom is -0.465 e. The first-order chi connectivity index (χ1) is 8.56. The van der Waals surface area contributed by atoms with Crippen molar-refractivity contribution >= 4 is 11.8 Å². The Morgan fingerprint density at radius 2 is 1.72 bits per heavy atom. The quantitative estimate of drug-likeness (QED) is 0.843. The number of hydrogen-bond acceptors (Lipinski definition) is 3. The fourth-order valence-electron chi connectivity index (χ4n) is 1.79. The number of rotatable bonds is 4. The summed E-state index contributed by atoms with van der Waals surface area (Å²) in [5, 5.41) is 0.154. The Labute approximate surface area is 113 Å². The van der Waals surface area contributed by atoms with Gasteiger partial charge in [-0.3, -0.25) is 0 Å². The van der Waals surface area contributed by atoms with Crippen molar-refractivity contribution in [3.05, 3.63) is 53.5 Å². The zero-order valence-corrected chi connectivity index (χ0v) is 11.8. The van der Waals surface area contributed by atoms with Crippen LogP contribution in [0, 0.1) is 13.8 Å². The van der Waals surface area contributed by atoms with E-state index in [0.29, 0.717) is 0 Å². The molecule has 0 aliphatic heterocycles. The SMILES string of the molecule is Cc1ccc(SC(c2ccc(C)o2)C(C)N)cc1. The summed E-state index contributed by atoms with van der Waals surface area (Å²) in [6.45, 7) is 6.06. The third-order valence-electron chi connectivity index (χ3n) is 2.80. The number of thioether (sulfide) groups is 1. The lowest BCUT2D eigenvalue weighted by Crippen LogP contribution is -2.22. The molecule has 0 saturated carbocycles. The van der Waals surface area contributed by atoms with E-state index in [1.54, 1.807) is 11.8 Å². The summed E-state index contributed by atoms with van der Waals surface area (Å²) < 4.78 is 5.70. The summed E-state index contributed by atoms with van der Waals surface area (Å²) in [7, 11) is 0. The first-order valence-electron chi connectivity index (χ1n) is 6.11. The lowest BCUT2D eigenvalue weighted by Gasteiger charge is -2.18. The van der Waals surface area contributed by atoms with E-state index in [9.17, 15) is 0 Å². The summed E-state index contributed by atoms with van der Waals surface area (Å²) in [4.78, 5) is 1.22. The van der Waals surface area contributed by atoms with Gasteiger partial charge in [0.15, 0.2) is 0 Å². The molecule has 0 spiro atoms. The minimum absolute atomic E-state index is 0.0434. The van der Waals surface area contributed by atoms with Gasteiger partial charge in [-0.05, 0) is 45.0 Å². The van der Waals surface area contributed by atoms with Gasteiger partial charge in [0, 0.05) is 10.9 Å². The number of hydrogen-bond donors (Lipinski definition) is 1. The van der Waals surface area contributed by atoms with Crippen LogP contribution in [0.15, 0.2) is 45.7 Å². The minimum atomic E-state index is 0.0434. The Balaban J connectivity index is 2.19. The van der Waals surface area contributed by atoms with Gasteiger partial charge in [0.25, 0.3) is 0 Å². The number of benzene rings is 1. The monoisotopic (exact) mass is 261 g/mol. The standard InChI is InChI=1S/C15H19NOS/c1-10-4-7-13(8-5-10)18-15(12(3)16)14-9-6-11(2)17-14/h4-9,12,15H,16H2,1-3H3. The summed E-state index contributed by atoms with van der Waals surface area (Å²) in [6, 6.07) is 12.5. The predicted octanol–water partition coefficient (Wildman–Crippen LogP) is 4.08. The molecule has 2 rings (SSSR count). The highest BCUT2D eigenvalue weighted by Crippen LogP contribution is 2.37. The molecule has 0 amide bonds. The summed E-state index contributed by atoms with van der Waals surface area (Å²) in [5.41, 5.74) is 7.34. The summed E-state index contributed by atoms with van der Waals surface area (Å²) in [5.74, 6) is 1.88. The van der Waals surface area contributed by atoms with Crippen LogP contribution in [-0.4, -0.2) is 6.04 Å². The molecule has 2 aromatic rings. The molecule has 3 heteroatoms. The van der Waals surface area contributed by atoms with Crippen LogP contribution in [0.5, 0.6) is 0 Å². The number of nitrogens with two attached hydrogens (primary N) is 1. The highest BCUT2D eigenvalue weighted by atomic mass is 32.2. The molecule has 2 unspecified atom stereocenters. The van der Waals surface area contributed by atoms with Gasteiger partial charge < -0.3 is 10.2 Å². The van der Waals surface area contributed by atoms with Gasteiger partial charge in [-0.1, -0.05) is 17.7 Å². The molecule has 0 aliphatic rings. The second kappa shape index (κ2) is 5.63. The van der Waals surface area contributed by atoms with Crippen LogP contribution in [0.1, 0.15) is 29.3 Å². The third kappa shape index (κ3) is 3.18. The molecule has 0 fully saturated rings. The van der Waals surface area contributed by atoms with Crippen molar-refractivity contribution in [2.45, 2.75) is 37.0 Å². The molecule has 2 N–H and O–H groups in total. The molecule has 0 bridgehead atoms. The van der Waals surface area contributed by atoms with Crippen molar-refractivity contribution in [2.24, 2.45) is 5.73 Å². The Morgan fingerprint density at radius 3 is 2.22 bits per heavy atom. The topological polar surface area (TPSA) is 39.2 Å². The second-order valence-electron chi connectivity index (χ2n) is 4.66. The van der Waals surface area contributed by atoms with Gasteiger partial charge in [0.2, 0.25) is 0 Å². The Kier molecular flexibility index (Phi) is 4.15. The molecular weight excluding hydrogens is 242 g/mol. The van der Waals surface area contributed by atoms with Crippen LogP contribution in [0.25, 0.3) is 0 Å². The molecule has 0 saturated heterocycles. The lowest BCUT2D eigenvalue weighted by atomic mass is 10.2. The van der Waals surface area contributed by atoms with Gasteiger partial charge in [0.1, 0.15) is 11.5 Å². The van der Waals surface area contributed by atoms with Crippen molar-refractivity contribution in [3.63, 3.8) is 0 Å². The highest BCUT2D eigenvalue weighted by molar-refractivity contribution is 7.99. The van der Waals surface area contributed by atoms with E-state index in [1.165, 1.54) is 10.5 Å². The molecule has 0 radical (unpaired) electrons. The highest BCUT2D eigenvalue weighted by Gasteiger charge is 2.20. The van der Waals surface area contributed by atoms with Gasteiger partial charge >= 0.3 is 0 Å². The van der Waals surface area contributed by atoms with Gasteiger partial charge in [0.05, 0.1) is 5.25 Å². The smallest absolute Gasteiger partial charge is 0.119 e. The van der Waals surface area contributed by atoms with Crippen LogP contribution in [0.2, 0.25) is 0 Å². The van der Waals surface area contributed by atoms with Crippen molar-refractivity contribution in [1.82, 2.24) is 0 Å². The zero-order valence-electron chi connectivity index (χ0n) is 11.0. The molecule has 1 heterocycles. The lowest BCUT2D eigenvalue weighted by molar-refractivity contribution is 0.465. The number of furan rings is 1. The average molecular weight is 261 g/mol. The zero-order chi connectivity index (χ0) is 13.1. The Hall–Kier alpha value is -1.19. The van der Waals surface area contributed by atoms with Gasteiger partial charge in [-0.2, -0.15) is 0 Å². The van der Waals surface area contributed by atoms with E-state index in [1.807, 2.05) is 26.0 Å². The van der Waals surface area contributed by atoms with Crippen LogP contribution in [0.4, 0.5) is 0 Å². The summed E-state index contributed by atoms with van der Waals surface area (Å²) in [6.07, 6.45) is 0. The van der Waals surface area contributed by atoms with E-state index in [2.05, 4.69) is 31.2 Å². The van der Waals surface area contributed by atoms with E-state index < -0.39 is 0 Å². The predicted molar refractivity (Wildman–Crippen MR) is 76.9 cm³/mol. The first kappa shape index (κ1) is 13.2. The largest absolute Gasteiger partial charge is 0.465 e. The molecule has 1 aromatic carbocycles. The first-order valence-corrected chi connectivity index (χ1v) is 6.99. The number of aryl methyl sites for hydroxylation is 2. The van der Waals surface area contributed by atoms with E-state index in [0.717, 1.165) is 11.5 Å². The molecule has 1 aromatic heterocycles. The third-order valence-corrected chi connectivity index (χ3v) is 4.26. The van der Waals surface area contributed by atoms with Crippen LogP contribution < -0.4 is 5.73 Å². The van der Waals surface area contributed by atoms with Crippen LogP contribution in [-0.2, 0) is 0 Å². The average Bonchev–Trinajstić information content (AvgIpc) is 2.74. The molecule has 0 aliphatic carbocycles. The van der Waals surface area contributed by atoms with Gasteiger partial charge in [-0.15, -0.1) is 11.8 Å². The van der Waals surface area contributed by atoms with Crippen molar-refractivity contribution in [1.29, 1.82) is 0 Å². The van der Waals surface area contributed by atoms with Crippen molar-refractivity contribution < 1.29 is 4.42 Å². The maximum atomic E-state index is 6.07. The molecule has 2 atom stereocenters. The second-order valence-corrected chi connectivity index (χ2v) is 5.87. The molecule has 18 heavy (non-hydrogen) atoms.